The molecule has 0 aliphatic carbocycles. The van der Waals surface area contributed by atoms with Crippen molar-refractivity contribution in [2.45, 2.75) is 0 Å². The van der Waals surface area contributed by atoms with Crippen LogP contribution >= 0.6 is 11.6 Å². The average molecular weight is 314 g/mol. The lowest BCUT2D eigenvalue weighted by Gasteiger charge is -2.21. The number of aromatic nitrogens is 1. The molecule has 1 amide bonds. The quantitative estimate of drug-likeness (QED) is 0.817. The fraction of sp³-hybridized carbons (Fsp3) is 0.176. The van der Waals surface area contributed by atoms with Crippen LogP contribution in [-0.4, -0.2) is 36.6 Å². The molecule has 1 aliphatic rings. The Labute approximate surface area is 134 Å². The van der Waals surface area contributed by atoms with Crippen LogP contribution < -0.4 is 4.90 Å². The third kappa shape index (κ3) is 2.75. The van der Waals surface area contributed by atoms with Gasteiger partial charge in [0.25, 0.3) is 5.91 Å². The fourth-order valence-electron chi connectivity index (χ4n) is 2.52. The number of pyridine rings is 1. The number of fused-ring (bicyclic) bond motifs is 1. The zero-order valence-electron chi connectivity index (χ0n) is 12.5. The summed E-state index contributed by atoms with van der Waals surface area (Å²) in [7, 11) is 3.86. The zero-order valence-corrected chi connectivity index (χ0v) is 13.2. The summed E-state index contributed by atoms with van der Waals surface area (Å²) in [4.78, 5) is 20.6. The van der Waals surface area contributed by atoms with Crippen LogP contribution in [0.5, 0.6) is 0 Å². The Hall–Kier alpha value is -2.17. The summed E-state index contributed by atoms with van der Waals surface area (Å²) in [5.74, 6) is -0.0187. The number of amides is 1. The highest BCUT2D eigenvalue weighted by molar-refractivity contribution is 6.37. The molecule has 0 N–H and O–H groups in total. The molecule has 0 atom stereocenters. The normalized spacial score (nSPS) is 15.7. The summed E-state index contributed by atoms with van der Waals surface area (Å²) in [6, 6.07) is 9.32. The predicted octanol–water partition coefficient (Wildman–Crippen LogP) is 3.14. The molecule has 0 bridgehead atoms. The topological polar surface area (TPSA) is 36.4 Å². The molecular weight excluding hydrogens is 298 g/mol. The third-order valence-corrected chi connectivity index (χ3v) is 3.67. The first-order chi connectivity index (χ1) is 10.6. The molecule has 2 heterocycles. The molecule has 5 heteroatoms. The standard InChI is InChI=1S/C17H16ClN3O/c1-20(2)11-21-16-9-13(18)5-6-14(16)15(17(21)22)8-12-4-3-7-19-10-12/h3-10H,11H2,1-2H3. The molecule has 2 aromatic rings. The van der Waals surface area contributed by atoms with E-state index in [9.17, 15) is 4.79 Å². The van der Waals surface area contributed by atoms with E-state index in [4.69, 9.17) is 11.6 Å². The first kappa shape index (κ1) is 14.8. The third-order valence-electron chi connectivity index (χ3n) is 3.44. The summed E-state index contributed by atoms with van der Waals surface area (Å²) < 4.78 is 0. The Morgan fingerprint density at radius 1 is 1.32 bits per heavy atom. The second kappa shape index (κ2) is 5.91. The molecule has 0 fully saturated rings. The second-order valence-corrected chi connectivity index (χ2v) is 5.90. The van der Waals surface area contributed by atoms with Crippen molar-refractivity contribution in [3.63, 3.8) is 0 Å². The zero-order chi connectivity index (χ0) is 15.7. The van der Waals surface area contributed by atoms with Gasteiger partial charge in [-0.25, -0.2) is 0 Å². The maximum absolute atomic E-state index is 12.8. The molecule has 3 rings (SSSR count). The number of hydrogen-bond acceptors (Lipinski definition) is 3. The van der Waals surface area contributed by atoms with Gasteiger partial charge in [0.2, 0.25) is 0 Å². The van der Waals surface area contributed by atoms with Gasteiger partial charge in [0.1, 0.15) is 0 Å². The summed E-state index contributed by atoms with van der Waals surface area (Å²) >= 11 is 6.10. The number of hydrogen-bond donors (Lipinski definition) is 0. The monoisotopic (exact) mass is 313 g/mol. The molecule has 0 saturated heterocycles. The number of benzene rings is 1. The van der Waals surface area contributed by atoms with Gasteiger partial charge in [0, 0.05) is 28.6 Å². The van der Waals surface area contributed by atoms with Crippen LogP contribution in [0.4, 0.5) is 5.69 Å². The van der Waals surface area contributed by atoms with Crippen LogP contribution in [0.3, 0.4) is 0 Å². The summed E-state index contributed by atoms with van der Waals surface area (Å²) in [5, 5.41) is 0.623. The van der Waals surface area contributed by atoms with E-state index in [1.165, 1.54) is 0 Å². The van der Waals surface area contributed by atoms with Crippen molar-refractivity contribution in [3.8, 4) is 0 Å². The molecule has 1 aromatic heterocycles. The Balaban J connectivity index is 2.10. The van der Waals surface area contributed by atoms with Crippen molar-refractivity contribution in [2.24, 2.45) is 0 Å². The smallest absolute Gasteiger partial charge is 0.260 e. The van der Waals surface area contributed by atoms with Crippen molar-refractivity contribution in [1.29, 1.82) is 0 Å². The van der Waals surface area contributed by atoms with E-state index in [2.05, 4.69) is 4.98 Å². The van der Waals surface area contributed by atoms with Gasteiger partial charge in [-0.3, -0.25) is 19.6 Å². The van der Waals surface area contributed by atoms with Crippen molar-refractivity contribution < 1.29 is 4.79 Å². The van der Waals surface area contributed by atoms with Crippen LogP contribution in [-0.2, 0) is 4.79 Å². The van der Waals surface area contributed by atoms with Crippen LogP contribution in [0.1, 0.15) is 11.1 Å². The van der Waals surface area contributed by atoms with Crippen molar-refractivity contribution in [2.75, 3.05) is 25.7 Å². The summed E-state index contributed by atoms with van der Waals surface area (Å²) in [6.45, 7) is 0.510. The number of carbonyl (C=O) groups is 1. The van der Waals surface area contributed by atoms with E-state index >= 15 is 0 Å². The summed E-state index contributed by atoms with van der Waals surface area (Å²) in [6.07, 6.45) is 5.33. The van der Waals surface area contributed by atoms with Gasteiger partial charge in [-0.05, 0) is 43.9 Å². The molecule has 112 valence electrons. The lowest BCUT2D eigenvalue weighted by atomic mass is 10.1. The van der Waals surface area contributed by atoms with Crippen LogP contribution in [0.15, 0.2) is 42.7 Å². The molecule has 0 unspecified atom stereocenters. The number of halogens is 1. The number of nitrogens with zero attached hydrogens (tertiary/aromatic N) is 3. The van der Waals surface area contributed by atoms with E-state index in [-0.39, 0.29) is 5.91 Å². The highest BCUT2D eigenvalue weighted by Crippen LogP contribution is 2.39. The lowest BCUT2D eigenvalue weighted by Crippen LogP contribution is -2.35. The largest absolute Gasteiger partial charge is 0.294 e. The Kier molecular flexibility index (Phi) is 3.96. The second-order valence-electron chi connectivity index (χ2n) is 5.46. The molecule has 4 nitrogen and oxygen atoms in total. The maximum atomic E-state index is 12.8. The van der Waals surface area contributed by atoms with Gasteiger partial charge in [-0.1, -0.05) is 23.7 Å². The van der Waals surface area contributed by atoms with E-state index < -0.39 is 0 Å². The Morgan fingerprint density at radius 2 is 2.14 bits per heavy atom. The van der Waals surface area contributed by atoms with Gasteiger partial charge >= 0.3 is 0 Å². The van der Waals surface area contributed by atoms with Gasteiger partial charge in [-0.2, -0.15) is 0 Å². The van der Waals surface area contributed by atoms with Crippen LogP contribution in [0.2, 0.25) is 5.02 Å². The molecule has 0 radical (unpaired) electrons. The van der Waals surface area contributed by atoms with Crippen molar-refractivity contribution in [3.05, 3.63) is 58.9 Å². The maximum Gasteiger partial charge on any atom is 0.260 e. The first-order valence-electron chi connectivity index (χ1n) is 6.94. The Bertz CT molecular complexity index is 741. The Morgan fingerprint density at radius 3 is 2.82 bits per heavy atom. The minimum Gasteiger partial charge on any atom is -0.294 e. The summed E-state index contributed by atoms with van der Waals surface area (Å²) in [5.41, 5.74) is 3.32. The first-order valence-corrected chi connectivity index (χ1v) is 7.32. The minimum atomic E-state index is -0.0187. The fourth-order valence-corrected chi connectivity index (χ4v) is 2.68. The molecule has 0 spiro atoms. The van der Waals surface area contributed by atoms with Crippen molar-refractivity contribution >= 4 is 34.8 Å². The van der Waals surface area contributed by atoms with E-state index in [1.807, 2.05) is 55.4 Å². The number of anilines is 1. The predicted molar refractivity (Wildman–Crippen MR) is 89.6 cm³/mol. The van der Waals surface area contributed by atoms with Gasteiger partial charge in [-0.15, -0.1) is 0 Å². The SMILES string of the molecule is CN(C)CN1C(=O)C(=Cc2cccnc2)c2ccc(Cl)cc21. The molecule has 1 aromatic carbocycles. The van der Waals surface area contributed by atoms with Crippen LogP contribution in [0.25, 0.3) is 11.6 Å². The average Bonchev–Trinajstić information content (AvgIpc) is 2.73. The van der Waals surface area contributed by atoms with Gasteiger partial charge < -0.3 is 0 Å². The molecular formula is C17H16ClN3O. The highest BCUT2D eigenvalue weighted by atomic mass is 35.5. The number of rotatable bonds is 3. The van der Waals surface area contributed by atoms with Gasteiger partial charge in [0.05, 0.1) is 12.4 Å². The minimum absolute atomic E-state index is 0.0187. The van der Waals surface area contributed by atoms with E-state index in [0.717, 1.165) is 16.8 Å². The molecule has 1 aliphatic heterocycles. The molecule has 22 heavy (non-hydrogen) atoms. The number of carbonyl (C=O) groups excluding carboxylic acids is 1. The van der Waals surface area contributed by atoms with E-state index in [1.54, 1.807) is 17.3 Å². The lowest BCUT2D eigenvalue weighted by molar-refractivity contribution is -0.113. The highest BCUT2D eigenvalue weighted by Gasteiger charge is 2.32. The van der Waals surface area contributed by atoms with Crippen molar-refractivity contribution in [1.82, 2.24) is 9.88 Å². The molecule has 0 saturated carbocycles. The van der Waals surface area contributed by atoms with Gasteiger partial charge in [0.15, 0.2) is 0 Å². The van der Waals surface area contributed by atoms with Crippen LogP contribution in [0, 0.1) is 0 Å². The van der Waals surface area contributed by atoms with E-state index in [0.29, 0.717) is 17.3 Å².